The van der Waals surface area contributed by atoms with Crippen LogP contribution in [0.4, 0.5) is 0 Å². The molecule has 3 rings (SSSR count). The first kappa shape index (κ1) is 10.3. The van der Waals surface area contributed by atoms with Crippen LogP contribution in [0, 0.1) is 5.92 Å². The van der Waals surface area contributed by atoms with Crippen molar-refractivity contribution in [3.63, 3.8) is 0 Å². The summed E-state index contributed by atoms with van der Waals surface area (Å²) in [5.41, 5.74) is 2.78. The molecule has 1 aliphatic carbocycles. The summed E-state index contributed by atoms with van der Waals surface area (Å²) in [5.74, 6) is 1.48. The molecule has 0 saturated heterocycles. The molecule has 2 unspecified atom stereocenters. The number of hydrogen-bond acceptors (Lipinski definition) is 0. The Bertz CT molecular complexity index is 496. The Labute approximate surface area is 103 Å². The number of benzene rings is 2. The third-order valence-electron chi connectivity index (χ3n) is 3.40. The normalized spacial score (nSPS) is 22.8. The van der Waals surface area contributed by atoms with E-state index in [4.69, 9.17) is 0 Å². The van der Waals surface area contributed by atoms with Crippen molar-refractivity contribution in [2.45, 2.75) is 12.3 Å². The number of allylic oxidation sites excluding steroid dienone is 1. The molecule has 2 atom stereocenters. The highest BCUT2D eigenvalue weighted by atomic mass is 14.4. The highest BCUT2D eigenvalue weighted by Crippen LogP contribution is 2.48. The van der Waals surface area contributed by atoms with Crippen molar-refractivity contribution in [1.82, 2.24) is 0 Å². The molecule has 0 heteroatoms. The van der Waals surface area contributed by atoms with Crippen molar-refractivity contribution in [1.29, 1.82) is 0 Å². The number of rotatable bonds is 3. The van der Waals surface area contributed by atoms with Gasteiger partial charge in [-0.2, -0.15) is 0 Å². The Kier molecular flexibility index (Phi) is 2.79. The quantitative estimate of drug-likeness (QED) is 0.714. The van der Waals surface area contributed by atoms with Gasteiger partial charge in [-0.1, -0.05) is 72.8 Å². The molecule has 1 aliphatic rings. The standard InChI is InChI=1S/C17H16/c1-3-7-14(8-4-1)11-12-16-13-17(16)15-9-5-2-6-10-15/h1-12,16-17H,13H2/b12-11-. The maximum absolute atomic E-state index is 2.35. The highest BCUT2D eigenvalue weighted by Gasteiger charge is 2.35. The first-order valence-corrected chi connectivity index (χ1v) is 6.22. The van der Waals surface area contributed by atoms with E-state index in [2.05, 4.69) is 72.8 Å². The van der Waals surface area contributed by atoms with Gasteiger partial charge < -0.3 is 0 Å². The van der Waals surface area contributed by atoms with E-state index in [0.717, 1.165) is 11.8 Å². The first-order valence-electron chi connectivity index (χ1n) is 6.22. The van der Waals surface area contributed by atoms with Gasteiger partial charge in [-0.15, -0.1) is 0 Å². The van der Waals surface area contributed by atoms with Gasteiger partial charge in [0.25, 0.3) is 0 Å². The van der Waals surface area contributed by atoms with Crippen molar-refractivity contribution in [3.05, 3.63) is 77.9 Å². The Morgan fingerprint density at radius 1 is 0.824 bits per heavy atom. The van der Waals surface area contributed by atoms with Crippen LogP contribution >= 0.6 is 0 Å². The molecule has 1 fully saturated rings. The molecule has 0 aromatic heterocycles. The minimum Gasteiger partial charge on any atom is -0.0802 e. The molecular formula is C17H16. The van der Waals surface area contributed by atoms with Crippen LogP contribution in [0.1, 0.15) is 23.5 Å². The van der Waals surface area contributed by atoms with E-state index in [9.17, 15) is 0 Å². The first-order chi connectivity index (χ1) is 8.43. The van der Waals surface area contributed by atoms with Gasteiger partial charge in [0.1, 0.15) is 0 Å². The molecule has 0 amide bonds. The van der Waals surface area contributed by atoms with Crippen molar-refractivity contribution in [3.8, 4) is 0 Å². The molecule has 1 saturated carbocycles. The maximum atomic E-state index is 2.35. The van der Waals surface area contributed by atoms with Gasteiger partial charge in [0.2, 0.25) is 0 Å². The molecule has 0 heterocycles. The van der Waals surface area contributed by atoms with Crippen LogP contribution in [0.25, 0.3) is 6.08 Å². The minimum absolute atomic E-state index is 0.734. The molecule has 2 aromatic rings. The monoisotopic (exact) mass is 220 g/mol. The average Bonchev–Trinajstić information content (AvgIpc) is 3.18. The Hall–Kier alpha value is -1.82. The summed E-state index contributed by atoms with van der Waals surface area (Å²) >= 11 is 0. The zero-order chi connectivity index (χ0) is 11.5. The lowest BCUT2D eigenvalue weighted by molar-refractivity contribution is 1.02. The van der Waals surface area contributed by atoms with Gasteiger partial charge >= 0.3 is 0 Å². The summed E-state index contributed by atoms with van der Waals surface area (Å²) < 4.78 is 0. The molecule has 0 bridgehead atoms. The molecule has 84 valence electrons. The summed E-state index contributed by atoms with van der Waals surface area (Å²) in [5, 5.41) is 0. The largest absolute Gasteiger partial charge is 0.0802 e. The second kappa shape index (κ2) is 4.58. The van der Waals surface area contributed by atoms with E-state index < -0.39 is 0 Å². The summed E-state index contributed by atoms with van der Waals surface area (Å²) in [6.45, 7) is 0. The van der Waals surface area contributed by atoms with Crippen LogP contribution < -0.4 is 0 Å². The fourth-order valence-electron chi connectivity index (χ4n) is 2.31. The predicted octanol–water partition coefficient (Wildman–Crippen LogP) is 4.50. The minimum atomic E-state index is 0.734. The molecule has 0 spiro atoms. The zero-order valence-corrected chi connectivity index (χ0v) is 9.79. The van der Waals surface area contributed by atoms with E-state index in [1.165, 1.54) is 17.5 Å². The predicted molar refractivity (Wildman–Crippen MR) is 72.8 cm³/mol. The molecule has 2 aromatic carbocycles. The van der Waals surface area contributed by atoms with Gasteiger partial charge in [-0.25, -0.2) is 0 Å². The van der Waals surface area contributed by atoms with Crippen LogP contribution in [0.5, 0.6) is 0 Å². The summed E-state index contributed by atoms with van der Waals surface area (Å²) in [6, 6.07) is 21.3. The lowest BCUT2D eigenvalue weighted by Crippen LogP contribution is -1.79. The van der Waals surface area contributed by atoms with E-state index in [-0.39, 0.29) is 0 Å². The highest BCUT2D eigenvalue weighted by molar-refractivity contribution is 5.50. The van der Waals surface area contributed by atoms with Crippen LogP contribution in [0.15, 0.2) is 66.7 Å². The second-order valence-corrected chi connectivity index (χ2v) is 4.69. The molecule has 0 aliphatic heterocycles. The third kappa shape index (κ3) is 2.47. The van der Waals surface area contributed by atoms with E-state index in [0.29, 0.717) is 0 Å². The van der Waals surface area contributed by atoms with Gasteiger partial charge in [-0.3, -0.25) is 0 Å². The van der Waals surface area contributed by atoms with E-state index in [1.807, 2.05) is 0 Å². The van der Waals surface area contributed by atoms with Crippen molar-refractivity contribution in [2.24, 2.45) is 5.92 Å². The van der Waals surface area contributed by atoms with Crippen LogP contribution in [0.2, 0.25) is 0 Å². The zero-order valence-electron chi connectivity index (χ0n) is 9.79. The third-order valence-corrected chi connectivity index (χ3v) is 3.40. The Morgan fingerprint density at radius 2 is 1.47 bits per heavy atom. The Morgan fingerprint density at radius 3 is 2.18 bits per heavy atom. The lowest BCUT2D eigenvalue weighted by atomic mass is 10.1. The van der Waals surface area contributed by atoms with Gasteiger partial charge in [0, 0.05) is 0 Å². The molecule has 0 N–H and O–H groups in total. The molecule has 0 nitrogen and oxygen atoms in total. The average molecular weight is 220 g/mol. The van der Waals surface area contributed by atoms with E-state index >= 15 is 0 Å². The summed E-state index contributed by atoms with van der Waals surface area (Å²) in [7, 11) is 0. The van der Waals surface area contributed by atoms with Crippen molar-refractivity contribution >= 4 is 6.08 Å². The fraction of sp³-hybridized carbons (Fsp3) is 0.176. The molecular weight excluding hydrogens is 204 g/mol. The smallest absolute Gasteiger partial charge is 0.00929 e. The van der Waals surface area contributed by atoms with Gasteiger partial charge in [0.15, 0.2) is 0 Å². The van der Waals surface area contributed by atoms with Crippen molar-refractivity contribution in [2.75, 3.05) is 0 Å². The van der Waals surface area contributed by atoms with Crippen LogP contribution in [0.3, 0.4) is 0 Å². The fourth-order valence-corrected chi connectivity index (χ4v) is 2.31. The number of hydrogen-bond donors (Lipinski definition) is 0. The van der Waals surface area contributed by atoms with Crippen LogP contribution in [-0.2, 0) is 0 Å². The molecule has 17 heavy (non-hydrogen) atoms. The summed E-state index contributed by atoms with van der Waals surface area (Å²) in [4.78, 5) is 0. The lowest BCUT2D eigenvalue weighted by Gasteiger charge is -1.96. The molecule has 0 radical (unpaired) electrons. The van der Waals surface area contributed by atoms with Gasteiger partial charge in [-0.05, 0) is 29.4 Å². The Balaban J connectivity index is 1.65. The van der Waals surface area contributed by atoms with Gasteiger partial charge in [0.05, 0.1) is 0 Å². The maximum Gasteiger partial charge on any atom is -0.00929 e. The van der Waals surface area contributed by atoms with E-state index in [1.54, 1.807) is 0 Å². The van der Waals surface area contributed by atoms with Crippen LogP contribution in [-0.4, -0.2) is 0 Å². The van der Waals surface area contributed by atoms with Crippen molar-refractivity contribution < 1.29 is 0 Å². The second-order valence-electron chi connectivity index (χ2n) is 4.69. The summed E-state index contributed by atoms with van der Waals surface area (Å²) in [6.07, 6.45) is 5.90. The topological polar surface area (TPSA) is 0 Å². The SMILES string of the molecule is C(=C/C1CC1c1ccccc1)/c1ccccc1.